The molecule has 1 heterocycles. The van der Waals surface area contributed by atoms with E-state index in [1.807, 2.05) is 43.9 Å². The highest BCUT2D eigenvalue weighted by molar-refractivity contribution is 5.69. The molecule has 0 unspecified atom stereocenters. The maximum absolute atomic E-state index is 12.4. The van der Waals surface area contributed by atoms with E-state index in [9.17, 15) is 4.79 Å². The Morgan fingerprint density at radius 2 is 2.00 bits per heavy atom. The highest BCUT2D eigenvalue weighted by Crippen LogP contribution is 2.24. The smallest absolute Gasteiger partial charge is 0.410 e. The van der Waals surface area contributed by atoms with Gasteiger partial charge in [-0.2, -0.15) is 0 Å². The van der Waals surface area contributed by atoms with Crippen LogP contribution in [0, 0.1) is 0 Å². The largest absolute Gasteiger partial charge is 0.444 e. The molecular formula is C16H24N2O2. The van der Waals surface area contributed by atoms with Gasteiger partial charge in [0.15, 0.2) is 0 Å². The van der Waals surface area contributed by atoms with Crippen molar-refractivity contribution in [3.63, 3.8) is 0 Å². The van der Waals surface area contributed by atoms with Gasteiger partial charge in [-0.1, -0.05) is 30.3 Å². The molecule has 1 atom stereocenters. The van der Waals surface area contributed by atoms with Gasteiger partial charge in [-0.3, -0.25) is 4.90 Å². The number of nitrogens with one attached hydrogen (secondary N) is 1. The number of benzene rings is 1. The third-order valence-electron chi connectivity index (χ3n) is 3.28. The lowest BCUT2D eigenvalue weighted by Crippen LogP contribution is -2.41. The second kappa shape index (κ2) is 6.27. The summed E-state index contributed by atoms with van der Waals surface area (Å²) in [5, 5.41) is 3.39. The average molecular weight is 276 g/mol. The van der Waals surface area contributed by atoms with Crippen molar-refractivity contribution >= 4 is 6.09 Å². The van der Waals surface area contributed by atoms with E-state index in [1.165, 1.54) is 0 Å². The number of hydrogen-bond donors (Lipinski definition) is 1. The lowest BCUT2D eigenvalue weighted by Gasteiger charge is -2.32. The van der Waals surface area contributed by atoms with E-state index in [4.69, 9.17) is 4.74 Å². The van der Waals surface area contributed by atoms with Gasteiger partial charge in [0.1, 0.15) is 5.60 Å². The standard InChI is InChI=1S/C16H24N2O2/c1-16(2,3)20-15(19)18-11-7-10-17-12-14(18)13-8-5-4-6-9-13/h4-6,8-9,14,17H,7,10-12H2,1-3H3/t14-/m1/s1. The van der Waals surface area contributed by atoms with Gasteiger partial charge in [0.25, 0.3) is 0 Å². The molecule has 0 aromatic heterocycles. The summed E-state index contributed by atoms with van der Waals surface area (Å²) in [6.45, 7) is 8.13. The summed E-state index contributed by atoms with van der Waals surface area (Å²) in [4.78, 5) is 14.3. The molecule has 0 radical (unpaired) electrons. The normalized spacial score (nSPS) is 20.4. The Hall–Kier alpha value is -1.55. The monoisotopic (exact) mass is 276 g/mol. The number of nitrogens with zero attached hydrogens (tertiary/aromatic N) is 1. The Bertz CT molecular complexity index is 440. The van der Waals surface area contributed by atoms with E-state index in [0.29, 0.717) is 0 Å². The summed E-state index contributed by atoms with van der Waals surface area (Å²) < 4.78 is 5.54. The van der Waals surface area contributed by atoms with Crippen molar-refractivity contribution in [3.05, 3.63) is 35.9 Å². The highest BCUT2D eigenvalue weighted by Gasteiger charge is 2.30. The van der Waals surface area contributed by atoms with Crippen LogP contribution in [0.25, 0.3) is 0 Å². The van der Waals surface area contributed by atoms with Crippen LogP contribution < -0.4 is 5.32 Å². The molecule has 1 aliphatic rings. The SMILES string of the molecule is CC(C)(C)OC(=O)N1CCCNC[C@@H]1c1ccccc1. The quantitative estimate of drug-likeness (QED) is 0.857. The van der Waals surface area contributed by atoms with Crippen LogP contribution >= 0.6 is 0 Å². The van der Waals surface area contributed by atoms with Gasteiger partial charge >= 0.3 is 6.09 Å². The molecule has 1 aromatic rings. The third kappa shape index (κ3) is 3.97. The minimum Gasteiger partial charge on any atom is -0.444 e. The predicted molar refractivity (Wildman–Crippen MR) is 79.6 cm³/mol. The number of hydrogen-bond acceptors (Lipinski definition) is 3. The van der Waals surface area contributed by atoms with Crippen LogP contribution in [0.4, 0.5) is 4.79 Å². The van der Waals surface area contributed by atoms with E-state index in [2.05, 4.69) is 17.4 Å². The molecule has 0 bridgehead atoms. The van der Waals surface area contributed by atoms with Crippen molar-refractivity contribution < 1.29 is 9.53 Å². The van der Waals surface area contributed by atoms with Gasteiger partial charge in [-0.05, 0) is 39.3 Å². The van der Waals surface area contributed by atoms with Gasteiger partial charge in [-0.15, -0.1) is 0 Å². The fourth-order valence-corrected chi connectivity index (χ4v) is 2.39. The molecule has 20 heavy (non-hydrogen) atoms. The molecule has 0 spiro atoms. The number of rotatable bonds is 1. The second-order valence-corrected chi connectivity index (χ2v) is 6.16. The zero-order valence-corrected chi connectivity index (χ0v) is 12.6. The Kier molecular flexibility index (Phi) is 4.65. The first-order valence-corrected chi connectivity index (χ1v) is 7.23. The fraction of sp³-hybridized carbons (Fsp3) is 0.562. The van der Waals surface area contributed by atoms with Crippen LogP contribution in [-0.4, -0.2) is 36.2 Å². The second-order valence-electron chi connectivity index (χ2n) is 6.16. The van der Waals surface area contributed by atoms with E-state index >= 15 is 0 Å². The zero-order valence-electron chi connectivity index (χ0n) is 12.6. The van der Waals surface area contributed by atoms with Crippen molar-refractivity contribution in [2.75, 3.05) is 19.6 Å². The number of carbonyl (C=O) groups is 1. The van der Waals surface area contributed by atoms with Crippen molar-refractivity contribution in [3.8, 4) is 0 Å². The van der Waals surface area contributed by atoms with Crippen LogP contribution in [0.15, 0.2) is 30.3 Å². The van der Waals surface area contributed by atoms with Crippen LogP contribution in [0.1, 0.15) is 38.8 Å². The predicted octanol–water partition coefficient (Wildman–Crippen LogP) is 2.96. The van der Waals surface area contributed by atoms with E-state index in [1.54, 1.807) is 0 Å². The number of amides is 1. The minimum atomic E-state index is -0.460. The van der Waals surface area contributed by atoms with Crippen LogP contribution in [0.2, 0.25) is 0 Å². The van der Waals surface area contributed by atoms with Crippen LogP contribution in [0.3, 0.4) is 0 Å². The molecule has 1 aliphatic heterocycles. The minimum absolute atomic E-state index is 0.0357. The summed E-state index contributed by atoms with van der Waals surface area (Å²) >= 11 is 0. The first-order chi connectivity index (χ1) is 9.47. The molecule has 1 amide bonds. The molecule has 0 saturated carbocycles. The van der Waals surface area contributed by atoms with Crippen molar-refractivity contribution in [1.82, 2.24) is 10.2 Å². The molecular weight excluding hydrogens is 252 g/mol. The van der Waals surface area contributed by atoms with Crippen molar-refractivity contribution in [2.24, 2.45) is 0 Å². The Morgan fingerprint density at radius 3 is 2.65 bits per heavy atom. The lowest BCUT2D eigenvalue weighted by atomic mass is 10.1. The van der Waals surface area contributed by atoms with E-state index in [0.717, 1.165) is 31.6 Å². The first-order valence-electron chi connectivity index (χ1n) is 7.23. The van der Waals surface area contributed by atoms with Gasteiger partial charge in [0.2, 0.25) is 0 Å². The topological polar surface area (TPSA) is 41.6 Å². The fourth-order valence-electron chi connectivity index (χ4n) is 2.39. The third-order valence-corrected chi connectivity index (χ3v) is 3.28. The Morgan fingerprint density at radius 1 is 1.30 bits per heavy atom. The first kappa shape index (κ1) is 14.9. The molecule has 4 nitrogen and oxygen atoms in total. The van der Waals surface area contributed by atoms with Crippen molar-refractivity contribution in [1.29, 1.82) is 0 Å². The van der Waals surface area contributed by atoms with Crippen LogP contribution in [-0.2, 0) is 4.74 Å². The summed E-state index contributed by atoms with van der Waals surface area (Å²) in [7, 11) is 0. The van der Waals surface area contributed by atoms with Gasteiger partial charge in [-0.25, -0.2) is 4.79 Å². The van der Waals surface area contributed by atoms with E-state index in [-0.39, 0.29) is 12.1 Å². The summed E-state index contributed by atoms with van der Waals surface area (Å²) in [5.74, 6) is 0. The Balaban J connectivity index is 2.19. The molecule has 110 valence electrons. The van der Waals surface area contributed by atoms with E-state index < -0.39 is 5.60 Å². The summed E-state index contributed by atoms with van der Waals surface area (Å²) in [6, 6.07) is 10.2. The summed E-state index contributed by atoms with van der Waals surface area (Å²) in [6.07, 6.45) is 0.720. The molecule has 1 fully saturated rings. The molecule has 0 aliphatic carbocycles. The average Bonchev–Trinajstić information content (AvgIpc) is 2.63. The van der Waals surface area contributed by atoms with Gasteiger partial charge in [0, 0.05) is 13.1 Å². The molecule has 4 heteroatoms. The van der Waals surface area contributed by atoms with Crippen LogP contribution in [0.5, 0.6) is 0 Å². The number of carbonyl (C=O) groups excluding carboxylic acids is 1. The molecule has 2 rings (SSSR count). The molecule has 1 aromatic carbocycles. The van der Waals surface area contributed by atoms with Crippen molar-refractivity contribution in [2.45, 2.75) is 38.8 Å². The summed E-state index contributed by atoms with van der Waals surface area (Å²) in [5.41, 5.74) is 0.686. The Labute approximate surface area is 121 Å². The van der Waals surface area contributed by atoms with Gasteiger partial charge < -0.3 is 10.1 Å². The molecule has 1 saturated heterocycles. The lowest BCUT2D eigenvalue weighted by molar-refractivity contribution is 0.0174. The van der Waals surface area contributed by atoms with Gasteiger partial charge in [0.05, 0.1) is 6.04 Å². The maximum Gasteiger partial charge on any atom is 0.410 e. The zero-order chi connectivity index (χ0) is 14.6. The highest BCUT2D eigenvalue weighted by atomic mass is 16.6. The molecule has 1 N–H and O–H groups in total. The number of ether oxygens (including phenoxy) is 1. The maximum atomic E-state index is 12.4.